The number of hydrogen-bond acceptors (Lipinski definition) is 3. The summed E-state index contributed by atoms with van der Waals surface area (Å²) in [4.78, 5) is 10.7. The SMILES string of the molecule is COc1cccc(-c2ccccc2CC(=O)[O-])c1. The highest BCUT2D eigenvalue weighted by molar-refractivity contribution is 5.75. The van der Waals surface area contributed by atoms with Crippen molar-refractivity contribution in [3.63, 3.8) is 0 Å². The molecule has 0 atom stereocenters. The maximum absolute atomic E-state index is 10.7. The minimum absolute atomic E-state index is 0.0899. The maximum atomic E-state index is 10.7. The average molecular weight is 241 g/mol. The highest BCUT2D eigenvalue weighted by atomic mass is 16.5. The summed E-state index contributed by atoms with van der Waals surface area (Å²) in [7, 11) is 1.60. The van der Waals surface area contributed by atoms with Crippen LogP contribution in [0, 0.1) is 0 Å². The lowest BCUT2D eigenvalue weighted by Gasteiger charge is -2.11. The second kappa shape index (κ2) is 5.36. The van der Waals surface area contributed by atoms with E-state index >= 15 is 0 Å². The molecule has 0 heterocycles. The first kappa shape index (κ1) is 12.2. The molecule has 0 amide bonds. The highest BCUT2D eigenvalue weighted by Gasteiger charge is 2.05. The number of rotatable bonds is 4. The fraction of sp³-hybridized carbons (Fsp3) is 0.133. The van der Waals surface area contributed by atoms with Crippen molar-refractivity contribution in [1.29, 1.82) is 0 Å². The number of methoxy groups -OCH3 is 1. The summed E-state index contributed by atoms with van der Waals surface area (Å²) in [6.07, 6.45) is -0.0899. The molecule has 2 aromatic rings. The van der Waals surface area contributed by atoms with E-state index in [1.54, 1.807) is 13.2 Å². The van der Waals surface area contributed by atoms with Crippen LogP contribution in [-0.4, -0.2) is 13.1 Å². The predicted molar refractivity (Wildman–Crippen MR) is 67.1 cm³/mol. The summed E-state index contributed by atoms with van der Waals surface area (Å²) in [6, 6.07) is 14.9. The van der Waals surface area contributed by atoms with E-state index in [9.17, 15) is 9.90 Å². The highest BCUT2D eigenvalue weighted by Crippen LogP contribution is 2.27. The van der Waals surface area contributed by atoms with Crippen molar-refractivity contribution >= 4 is 5.97 Å². The van der Waals surface area contributed by atoms with Crippen LogP contribution in [0.15, 0.2) is 48.5 Å². The molecule has 0 radical (unpaired) electrons. The summed E-state index contributed by atoms with van der Waals surface area (Å²) in [5, 5.41) is 10.7. The lowest BCUT2D eigenvalue weighted by atomic mass is 9.97. The molecule has 0 saturated carbocycles. The van der Waals surface area contributed by atoms with Gasteiger partial charge in [-0.3, -0.25) is 0 Å². The van der Waals surface area contributed by atoms with Crippen LogP contribution in [0.3, 0.4) is 0 Å². The largest absolute Gasteiger partial charge is 0.550 e. The van der Waals surface area contributed by atoms with Gasteiger partial charge in [-0.15, -0.1) is 0 Å². The average Bonchev–Trinajstić information content (AvgIpc) is 2.39. The molecule has 0 fully saturated rings. The van der Waals surface area contributed by atoms with Gasteiger partial charge in [-0.05, 0) is 28.8 Å². The molecule has 0 aliphatic carbocycles. The van der Waals surface area contributed by atoms with Gasteiger partial charge in [-0.2, -0.15) is 0 Å². The van der Waals surface area contributed by atoms with Gasteiger partial charge in [0.1, 0.15) is 5.75 Å². The molecular weight excluding hydrogens is 228 g/mol. The van der Waals surface area contributed by atoms with Crippen molar-refractivity contribution in [1.82, 2.24) is 0 Å². The smallest absolute Gasteiger partial charge is 0.119 e. The third-order valence-corrected chi connectivity index (χ3v) is 2.73. The van der Waals surface area contributed by atoms with Crippen molar-refractivity contribution in [3.05, 3.63) is 54.1 Å². The number of benzene rings is 2. The van der Waals surface area contributed by atoms with Crippen molar-refractivity contribution in [2.45, 2.75) is 6.42 Å². The number of carbonyl (C=O) groups is 1. The second-order valence-electron chi connectivity index (χ2n) is 3.94. The first-order chi connectivity index (χ1) is 8.70. The Hall–Kier alpha value is -2.29. The van der Waals surface area contributed by atoms with E-state index in [2.05, 4.69) is 0 Å². The molecule has 3 heteroatoms. The van der Waals surface area contributed by atoms with Crippen molar-refractivity contribution < 1.29 is 14.6 Å². The summed E-state index contributed by atoms with van der Waals surface area (Å²) in [5.74, 6) is -0.332. The van der Waals surface area contributed by atoms with Gasteiger partial charge in [0.2, 0.25) is 0 Å². The van der Waals surface area contributed by atoms with E-state index in [0.717, 1.165) is 22.4 Å². The molecule has 0 spiro atoms. The molecule has 0 aliphatic rings. The van der Waals surface area contributed by atoms with E-state index in [1.807, 2.05) is 42.5 Å². The van der Waals surface area contributed by atoms with Crippen LogP contribution in [0.1, 0.15) is 5.56 Å². The van der Waals surface area contributed by atoms with Gasteiger partial charge in [0, 0.05) is 12.4 Å². The number of hydrogen-bond donors (Lipinski definition) is 0. The number of aliphatic carboxylic acids is 1. The number of carbonyl (C=O) groups excluding carboxylic acids is 1. The van der Waals surface area contributed by atoms with Crippen LogP contribution in [0.25, 0.3) is 11.1 Å². The monoisotopic (exact) mass is 241 g/mol. The van der Waals surface area contributed by atoms with Gasteiger partial charge in [0.05, 0.1) is 7.11 Å². The Morgan fingerprint density at radius 2 is 1.94 bits per heavy atom. The molecule has 0 N–H and O–H groups in total. The number of carboxylic acid groups (broad SMARTS) is 1. The minimum atomic E-state index is -1.08. The summed E-state index contributed by atoms with van der Waals surface area (Å²) in [6.45, 7) is 0. The summed E-state index contributed by atoms with van der Waals surface area (Å²) >= 11 is 0. The summed E-state index contributed by atoms with van der Waals surface area (Å²) in [5.41, 5.74) is 2.57. The van der Waals surface area contributed by atoms with Gasteiger partial charge < -0.3 is 14.6 Å². The quantitative estimate of drug-likeness (QED) is 0.817. The first-order valence-corrected chi connectivity index (χ1v) is 5.63. The van der Waals surface area contributed by atoms with Gasteiger partial charge in [-0.25, -0.2) is 0 Å². The molecule has 0 aromatic heterocycles. The first-order valence-electron chi connectivity index (χ1n) is 5.63. The van der Waals surface area contributed by atoms with Gasteiger partial charge >= 0.3 is 0 Å². The fourth-order valence-corrected chi connectivity index (χ4v) is 1.90. The summed E-state index contributed by atoms with van der Waals surface area (Å²) < 4.78 is 5.17. The van der Waals surface area contributed by atoms with Crippen molar-refractivity contribution in [2.75, 3.05) is 7.11 Å². The topological polar surface area (TPSA) is 49.4 Å². The maximum Gasteiger partial charge on any atom is 0.119 e. The molecule has 18 heavy (non-hydrogen) atoms. The Morgan fingerprint density at radius 1 is 1.17 bits per heavy atom. The number of ether oxygens (including phenoxy) is 1. The van der Waals surface area contributed by atoms with Crippen molar-refractivity contribution in [2.24, 2.45) is 0 Å². The predicted octanol–water partition coefficient (Wildman–Crippen LogP) is 1.65. The molecule has 3 nitrogen and oxygen atoms in total. The van der Waals surface area contributed by atoms with Crippen LogP contribution in [0.4, 0.5) is 0 Å². The van der Waals surface area contributed by atoms with E-state index < -0.39 is 5.97 Å². The molecule has 2 rings (SSSR count). The van der Waals surface area contributed by atoms with Crippen LogP contribution in [0.5, 0.6) is 5.75 Å². The molecular formula is C15H13O3-. The molecule has 0 aliphatic heterocycles. The Morgan fingerprint density at radius 3 is 2.67 bits per heavy atom. The van der Waals surface area contributed by atoms with Crippen LogP contribution < -0.4 is 9.84 Å². The van der Waals surface area contributed by atoms with Crippen LogP contribution in [-0.2, 0) is 11.2 Å². The lowest BCUT2D eigenvalue weighted by Crippen LogP contribution is -2.24. The molecule has 0 unspecified atom stereocenters. The lowest BCUT2D eigenvalue weighted by molar-refractivity contribution is -0.304. The zero-order chi connectivity index (χ0) is 13.0. The second-order valence-corrected chi connectivity index (χ2v) is 3.94. The van der Waals surface area contributed by atoms with E-state index in [4.69, 9.17) is 4.74 Å². The zero-order valence-corrected chi connectivity index (χ0v) is 10.1. The Kier molecular flexibility index (Phi) is 3.63. The fourth-order valence-electron chi connectivity index (χ4n) is 1.90. The number of carboxylic acids is 1. The third-order valence-electron chi connectivity index (χ3n) is 2.73. The Bertz CT molecular complexity index is 561. The van der Waals surface area contributed by atoms with Crippen LogP contribution >= 0.6 is 0 Å². The molecule has 0 bridgehead atoms. The van der Waals surface area contributed by atoms with E-state index in [-0.39, 0.29) is 6.42 Å². The third kappa shape index (κ3) is 2.69. The van der Waals surface area contributed by atoms with Gasteiger partial charge in [0.15, 0.2) is 0 Å². The normalized spacial score (nSPS) is 10.1. The Labute approximate surface area is 106 Å². The van der Waals surface area contributed by atoms with E-state index in [1.165, 1.54) is 0 Å². The molecule has 92 valence electrons. The molecule has 2 aromatic carbocycles. The van der Waals surface area contributed by atoms with Gasteiger partial charge in [0.25, 0.3) is 0 Å². The minimum Gasteiger partial charge on any atom is -0.550 e. The van der Waals surface area contributed by atoms with E-state index in [0.29, 0.717) is 0 Å². The standard InChI is InChI=1S/C15H14O3/c1-18-13-7-4-6-11(9-13)14-8-3-2-5-12(14)10-15(16)17/h2-9H,10H2,1H3,(H,16,17)/p-1. The molecule has 0 saturated heterocycles. The van der Waals surface area contributed by atoms with Crippen LogP contribution in [0.2, 0.25) is 0 Å². The zero-order valence-electron chi connectivity index (χ0n) is 10.1. The van der Waals surface area contributed by atoms with Crippen molar-refractivity contribution in [3.8, 4) is 16.9 Å². The Balaban J connectivity index is 2.45. The van der Waals surface area contributed by atoms with Gasteiger partial charge in [-0.1, -0.05) is 36.4 Å².